The van der Waals surface area contributed by atoms with Crippen LogP contribution in [0.4, 0.5) is 0 Å². The number of para-hydroxylation sites is 3. The summed E-state index contributed by atoms with van der Waals surface area (Å²) in [4.78, 5) is 0. The molecule has 0 aliphatic carbocycles. The quantitative estimate of drug-likeness (QED) is 0.173. The number of furan rings is 1. The third-order valence-electron chi connectivity index (χ3n) is 11.7. The zero-order chi connectivity index (χ0) is 37.5. The monoisotopic (exact) mass is 726 g/mol. The van der Waals surface area contributed by atoms with Crippen LogP contribution in [-0.4, -0.2) is 9.13 Å². The van der Waals surface area contributed by atoms with Gasteiger partial charge in [-0.15, -0.1) is 0 Å². The molecule has 0 aliphatic rings. The van der Waals surface area contributed by atoms with Gasteiger partial charge in [-0.1, -0.05) is 133 Å². The molecule has 0 atom stereocenters. The second-order valence-corrected chi connectivity index (χ2v) is 14.9. The summed E-state index contributed by atoms with van der Waals surface area (Å²) in [6, 6.07) is 74.5. The van der Waals surface area contributed by atoms with Crippen molar-refractivity contribution in [2.45, 2.75) is 0 Å². The second-order valence-electron chi connectivity index (χ2n) is 14.9. The number of hydrogen-bond acceptors (Lipinski definition) is 1. The van der Waals surface area contributed by atoms with E-state index in [0.29, 0.717) is 0 Å². The lowest BCUT2D eigenvalue weighted by Gasteiger charge is -2.11. The number of benzene rings is 9. The van der Waals surface area contributed by atoms with Crippen molar-refractivity contribution < 1.29 is 4.42 Å². The minimum Gasteiger partial charge on any atom is -0.456 e. The van der Waals surface area contributed by atoms with Crippen molar-refractivity contribution >= 4 is 65.6 Å². The van der Waals surface area contributed by atoms with Gasteiger partial charge in [-0.05, 0) is 106 Å². The van der Waals surface area contributed by atoms with Crippen molar-refractivity contribution in [1.82, 2.24) is 9.13 Å². The van der Waals surface area contributed by atoms with Crippen LogP contribution in [0.1, 0.15) is 0 Å². The average molecular weight is 727 g/mol. The molecule has 0 amide bonds. The van der Waals surface area contributed by atoms with Crippen molar-refractivity contribution in [3.63, 3.8) is 0 Å². The van der Waals surface area contributed by atoms with Gasteiger partial charge in [0, 0.05) is 43.7 Å². The van der Waals surface area contributed by atoms with E-state index in [1.807, 2.05) is 12.1 Å². The van der Waals surface area contributed by atoms with Crippen LogP contribution >= 0.6 is 0 Å². The molecule has 0 spiro atoms. The molecule has 0 saturated heterocycles. The summed E-state index contributed by atoms with van der Waals surface area (Å²) >= 11 is 0. The Kier molecular flexibility index (Phi) is 6.93. The lowest BCUT2D eigenvalue weighted by Crippen LogP contribution is -1.95. The Bertz CT molecular complexity index is 3490. The van der Waals surface area contributed by atoms with E-state index >= 15 is 0 Å². The van der Waals surface area contributed by atoms with Gasteiger partial charge in [-0.2, -0.15) is 0 Å². The Morgan fingerprint density at radius 3 is 1.40 bits per heavy atom. The molecule has 3 heteroatoms. The fourth-order valence-corrected chi connectivity index (χ4v) is 9.01. The van der Waals surface area contributed by atoms with Crippen molar-refractivity contribution in [3.05, 3.63) is 206 Å². The Morgan fingerprint density at radius 2 is 0.719 bits per heavy atom. The zero-order valence-electron chi connectivity index (χ0n) is 30.9. The lowest BCUT2D eigenvalue weighted by molar-refractivity contribution is 0.669. The summed E-state index contributed by atoms with van der Waals surface area (Å²) in [6.45, 7) is 0. The van der Waals surface area contributed by atoms with E-state index in [9.17, 15) is 0 Å². The van der Waals surface area contributed by atoms with E-state index < -0.39 is 0 Å². The van der Waals surface area contributed by atoms with Gasteiger partial charge in [0.1, 0.15) is 11.2 Å². The predicted octanol–water partition coefficient (Wildman–Crippen LogP) is 14.8. The van der Waals surface area contributed by atoms with Crippen molar-refractivity contribution in [2.24, 2.45) is 0 Å². The van der Waals surface area contributed by atoms with Gasteiger partial charge in [0.05, 0.1) is 22.1 Å². The molecule has 57 heavy (non-hydrogen) atoms. The molecule has 3 nitrogen and oxygen atoms in total. The summed E-state index contributed by atoms with van der Waals surface area (Å²) in [5, 5.41) is 7.18. The van der Waals surface area contributed by atoms with Crippen LogP contribution < -0.4 is 0 Å². The average Bonchev–Trinajstić information content (AvgIpc) is 3.93. The molecule has 0 N–H and O–H groups in total. The number of rotatable bonds is 5. The summed E-state index contributed by atoms with van der Waals surface area (Å²) in [5.41, 5.74) is 16.1. The molecular formula is C54H34N2O. The van der Waals surface area contributed by atoms with E-state index in [2.05, 4.69) is 203 Å². The molecule has 0 saturated carbocycles. The first-order valence-electron chi connectivity index (χ1n) is 19.5. The van der Waals surface area contributed by atoms with Crippen LogP contribution in [0.15, 0.2) is 211 Å². The first-order chi connectivity index (χ1) is 28.2. The zero-order valence-corrected chi connectivity index (χ0v) is 30.9. The fourth-order valence-electron chi connectivity index (χ4n) is 9.01. The van der Waals surface area contributed by atoms with E-state index in [4.69, 9.17) is 4.42 Å². The normalized spacial score (nSPS) is 11.9. The molecular weight excluding hydrogens is 693 g/mol. The van der Waals surface area contributed by atoms with Gasteiger partial charge in [0.2, 0.25) is 0 Å². The second kappa shape index (κ2) is 12.5. The van der Waals surface area contributed by atoms with Gasteiger partial charge in [-0.3, -0.25) is 0 Å². The van der Waals surface area contributed by atoms with Crippen LogP contribution in [0.2, 0.25) is 0 Å². The van der Waals surface area contributed by atoms with Gasteiger partial charge >= 0.3 is 0 Å². The first-order valence-corrected chi connectivity index (χ1v) is 19.5. The largest absolute Gasteiger partial charge is 0.456 e. The number of fused-ring (bicyclic) bond motifs is 9. The first kappa shape index (κ1) is 31.7. The fraction of sp³-hybridized carbons (Fsp3) is 0. The molecule has 0 radical (unpaired) electrons. The van der Waals surface area contributed by atoms with Gasteiger partial charge in [0.15, 0.2) is 0 Å². The summed E-state index contributed by atoms with van der Waals surface area (Å²) in [7, 11) is 0. The summed E-state index contributed by atoms with van der Waals surface area (Å²) in [5.74, 6) is 0. The maximum atomic E-state index is 6.29. The van der Waals surface area contributed by atoms with Crippen molar-refractivity contribution in [2.75, 3.05) is 0 Å². The summed E-state index contributed by atoms with van der Waals surface area (Å²) in [6.07, 6.45) is 0. The van der Waals surface area contributed by atoms with Crippen LogP contribution in [-0.2, 0) is 0 Å². The van der Waals surface area contributed by atoms with Crippen LogP contribution in [0.3, 0.4) is 0 Å². The van der Waals surface area contributed by atoms with E-state index in [0.717, 1.165) is 33.3 Å². The molecule has 0 unspecified atom stereocenters. The number of nitrogens with zero attached hydrogens (tertiary/aromatic N) is 2. The Hall–Kier alpha value is -7.62. The highest BCUT2D eigenvalue weighted by Gasteiger charge is 2.17. The number of aromatic nitrogens is 2. The highest BCUT2D eigenvalue weighted by atomic mass is 16.3. The Labute approximate surface area is 328 Å². The summed E-state index contributed by atoms with van der Waals surface area (Å²) < 4.78 is 11.1. The third kappa shape index (κ3) is 4.99. The third-order valence-corrected chi connectivity index (χ3v) is 11.7. The van der Waals surface area contributed by atoms with Crippen LogP contribution in [0.5, 0.6) is 0 Å². The molecule has 266 valence electrons. The molecule has 0 fully saturated rings. The maximum absolute atomic E-state index is 6.29. The molecule has 9 aromatic carbocycles. The minimum absolute atomic E-state index is 0.916. The van der Waals surface area contributed by atoms with Crippen LogP contribution in [0.25, 0.3) is 110 Å². The molecule has 3 heterocycles. The standard InChI is InChI=1S/C54H34N2O/c1-2-11-35(12-3-1)38-13-10-14-39(31-38)40-25-30-51-46(32-40)43-15-4-7-18-49(43)55(51)41-26-21-36(22-27-41)37-23-28-42(29-24-37)56-50-19-8-5-16-44(50)47-34-54-48(33-52(47)56)45-17-6-9-20-53(45)57-54/h1-34H. The highest BCUT2D eigenvalue weighted by Crippen LogP contribution is 2.40. The van der Waals surface area contributed by atoms with Crippen molar-refractivity contribution in [1.29, 1.82) is 0 Å². The van der Waals surface area contributed by atoms with Gasteiger partial charge in [0.25, 0.3) is 0 Å². The van der Waals surface area contributed by atoms with E-state index in [-0.39, 0.29) is 0 Å². The molecule has 12 rings (SSSR count). The Morgan fingerprint density at radius 1 is 0.246 bits per heavy atom. The van der Waals surface area contributed by atoms with Crippen LogP contribution in [0, 0.1) is 0 Å². The topological polar surface area (TPSA) is 23.0 Å². The maximum Gasteiger partial charge on any atom is 0.136 e. The SMILES string of the molecule is c1ccc(-c2cccc(-c3ccc4c(c3)c3ccccc3n4-c3ccc(-c4ccc(-n5c6ccccc6c6cc7oc8ccccc8c7cc65)cc4)cc3)c2)cc1. The minimum atomic E-state index is 0.916. The molecule has 0 aliphatic heterocycles. The predicted molar refractivity (Wildman–Crippen MR) is 239 cm³/mol. The number of hydrogen-bond donors (Lipinski definition) is 0. The molecule has 12 aromatic rings. The van der Waals surface area contributed by atoms with Gasteiger partial charge in [-0.25, -0.2) is 0 Å². The molecule has 0 bridgehead atoms. The van der Waals surface area contributed by atoms with E-state index in [1.54, 1.807) is 0 Å². The van der Waals surface area contributed by atoms with E-state index in [1.165, 1.54) is 77.0 Å². The smallest absolute Gasteiger partial charge is 0.136 e. The molecule has 3 aromatic heterocycles. The van der Waals surface area contributed by atoms with Gasteiger partial charge < -0.3 is 13.6 Å². The highest BCUT2D eigenvalue weighted by molar-refractivity contribution is 6.17. The Balaban J connectivity index is 0.908. The van der Waals surface area contributed by atoms with Crippen molar-refractivity contribution in [3.8, 4) is 44.8 Å². The lowest BCUT2D eigenvalue weighted by atomic mass is 9.98.